The fourth-order valence-electron chi connectivity index (χ4n) is 4.91. The fourth-order valence-corrected chi connectivity index (χ4v) is 4.91. The van der Waals surface area contributed by atoms with Gasteiger partial charge >= 0.3 is 25.0 Å². The van der Waals surface area contributed by atoms with E-state index in [0.717, 1.165) is 16.0 Å². The number of fused-ring (bicyclic) bond motifs is 1. The molecule has 4 rings (SSSR count). The Morgan fingerprint density at radius 3 is 2.68 bits per heavy atom. The molecule has 3 aliphatic rings. The van der Waals surface area contributed by atoms with Gasteiger partial charge in [0, 0.05) is 43.8 Å². The quantitative estimate of drug-likeness (QED) is 0.383. The first-order valence-corrected chi connectivity index (χ1v) is 11.8. The number of para-hydroxylation sites is 1. The maximum atomic E-state index is 13.4. The first kappa shape index (κ1) is 24.2. The summed E-state index contributed by atoms with van der Waals surface area (Å²) in [5.41, 5.74) is 7.21. The van der Waals surface area contributed by atoms with Crippen LogP contribution in [0.2, 0.25) is 5.82 Å². The highest BCUT2D eigenvalue weighted by Crippen LogP contribution is 2.49. The molecule has 2 atom stereocenters. The molecule has 1 aliphatic carbocycles. The Bertz CT molecular complexity index is 1010. The lowest BCUT2D eigenvalue weighted by Crippen LogP contribution is -2.61. The smallest absolute Gasteiger partial charge is 0.526 e. The van der Waals surface area contributed by atoms with E-state index < -0.39 is 42.2 Å². The van der Waals surface area contributed by atoms with Gasteiger partial charge in [0.15, 0.2) is 5.78 Å². The number of hydrogen-bond acceptors (Lipinski definition) is 7. The van der Waals surface area contributed by atoms with E-state index in [0.29, 0.717) is 31.6 Å². The van der Waals surface area contributed by atoms with Gasteiger partial charge < -0.3 is 25.6 Å². The average molecular weight is 470 g/mol. The van der Waals surface area contributed by atoms with Crippen molar-refractivity contribution in [1.82, 2.24) is 15.1 Å². The molecule has 0 aromatic heterocycles. The van der Waals surface area contributed by atoms with Crippen LogP contribution in [0.4, 0.5) is 4.79 Å². The maximum Gasteiger partial charge on any atom is 0.526 e. The molecular weight excluding hydrogens is 439 g/mol. The molecular formula is C23H31BN4O6. The van der Waals surface area contributed by atoms with Crippen LogP contribution in [0, 0.1) is 12.3 Å². The van der Waals surface area contributed by atoms with Crippen molar-refractivity contribution in [3.05, 3.63) is 29.3 Å². The molecule has 1 saturated carbocycles. The van der Waals surface area contributed by atoms with Gasteiger partial charge in [-0.15, -0.1) is 0 Å². The summed E-state index contributed by atoms with van der Waals surface area (Å²) in [5, 5.41) is 13.3. The number of nitrogens with zero attached hydrogens (tertiary/aromatic N) is 2. The molecule has 0 radical (unpaired) electrons. The third-order valence-corrected chi connectivity index (χ3v) is 7.32. The van der Waals surface area contributed by atoms with Crippen molar-refractivity contribution in [3.63, 3.8) is 0 Å². The van der Waals surface area contributed by atoms with E-state index in [-0.39, 0.29) is 31.8 Å². The van der Waals surface area contributed by atoms with Crippen molar-refractivity contribution in [2.45, 2.75) is 51.4 Å². The van der Waals surface area contributed by atoms with Gasteiger partial charge in [-0.3, -0.25) is 19.3 Å². The second kappa shape index (κ2) is 9.38. The molecule has 10 nitrogen and oxygen atoms in total. The molecule has 182 valence electrons. The Balaban J connectivity index is 1.48. The number of carbonyl (C=O) groups is 4. The zero-order valence-corrected chi connectivity index (χ0v) is 19.6. The third kappa shape index (κ3) is 4.41. The maximum absolute atomic E-state index is 13.4. The van der Waals surface area contributed by atoms with Gasteiger partial charge in [-0.1, -0.05) is 18.2 Å². The molecule has 34 heavy (non-hydrogen) atoms. The number of rotatable bonds is 7. The average Bonchev–Trinajstić information content (AvgIpc) is 3.61. The SMILES string of the molecule is CCN1CCN(C(=O)N[C@H](C(=O)C[C@H]2Cc3cccc(C)c3OB2O)C2(CN)CC2)C(=O)C1=O. The van der Waals surface area contributed by atoms with Crippen molar-refractivity contribution in [2.75, 3.05) is 26.2 Å². The van der Waals surface area contributed by atoms with Crippen LogP contribution < -0.4 is 15.7 Å². The number of benzene rings is 1. The highest BCUT2D eigenvalue weighted by Gasteiger charge is 2.53. The number of nitrogens with one attached hydrogen (secondary N) is 1. The number of ketones is 1. The highest BCUT2D eigenvalue weighted by atomic mass is 16.5. The van der Waals surface area contributed by atoms with Crippen molar-refractivity contribution in [3.8, 4) is 5.75 Å². The number of aryl methyl sites for hydroxylation is 1. The van der Waals surface area contributed by atoms with Gasteiger partial charge in [-0.25, -0.2) is 4.79 Å². The van der Waals surface area contributed by atoms with Crippen molar-refractivity contribution < 1.29 is 28.9 Å². The summed E-state index contributed by atoms with van der Waals surface area (Å²) in [6.45, 7) is 4.55. The zero-order chi connectivity index (χ0) is 24.6. The molecule has 2 heterocycles. The molecule has 4 amide bonds. The lowest BCUT2D eigenvalue weighted by atomic mass is 9.63. The van der Waals surface area contributed by atoms with Crippen LogP contribution in [0.15, 0.2) is 18.2 Å². The van der Waals surface area contributed by atoms with E-state index in [2.05, 4.69) is 5.32 Å². The number of urea groups is 1. The Morgan fingerprint density at radius 2 is 2.03 bits per heavy atom. The summed E-state index contributed by atoms with van der Waals surface area (Å²) in [4.78, 5) is 53.3. The second-order valence-electron chi connectivity index (χ2n) is 9.50. The molecule has 0 unspecified atom stereocenters. The number of Topliss-reactive ketones (excluding diaryl/α,β-unsaturated/α-hetero) is 1. The number of piperazine rings is 1. The van der Waals surface area contributed by atoms with Gasteiger partial charge in [0.2, 0.25) is 0 Å². The second-order valence-corrected chi connectivity index (χ2v) is 9.50. The van der Waals surface area contributed by atoms with Crippen molar-refractivity contribution >= 4 is 30.7 Å². The Hall–Kier alpha value is -2.92. The topological polar surface area (TPSA) is 142 Å². The molecule has 11 heteroatoms. The third-order valence-electron chi connectivity index (χ3n) is 7.32. The minimum atomic E-state index is -1.15. The van der Waals surface area contributed by atoms with Crippen LogP contribution in [-0.4, -0.2) is 77.8 Å². The standard InChI is InChI=1S/C23H31BN4O6/c1-3-27-9-10-28(21(31)20(27)30)22(32)26-19(23(13-25)7-8-23)17(29)12-16-11-15-6-4-5-14(2)18(15)34-24(16)33/h4-6,16,19,33H,3,7-13,25H2,1-2H3,(H,26,32)/t16-,19-/m1/s1. The number of carbonyl (C=O) groups excluding carboxylic acids is 4. The number of hydrogen-bond donors (Lipinski definition) is 3. The molecule has 1 aromatic carbocycles. The van der Waals surface area contributed by atoms with Gasteiger partial charge in [-0.05, 0) is 44.2 Å². The Labute approximate surface area is 198 Å². The normalized spacial score (nSPS) is 22.1. The summed E-state index contributed by atoms with van der Waals surface area (Å²) in [7, 11) is -1.15. The summed E-state index contributed by atoms with van der Waals surface area (Å²) in [6, 6.07) is 4.02. The van der Waals surface area contributed by atoms with E-state index >= 15 is 0 Å². The van der Waals surface area contributed by atoms with E-state index in [9.17, 15) is 24.2 Å². The first-order valence-electron chi connectivity index (χ1n) is 11.8. The van der Waals surface area contributed by atoms with E-state index in [4.69, 9.17) is 10.4 Å². The summed E-state index contributed by atoms with van der Waals surface area (Å²) in [6.07, 6.45) is 1.79. The fraction of sp³-hybridized carbons (Fsp3) is 0.565. The van der Waals surface area contributed by atoms with Crippen LogP contribution in [-0.2, 0) is 20.8 Å². The summed E-state index contributed by atoms with van der Waals surface area (Å²) in [5.74, 6) is -1.75. The summed E-state index contributed by atoms with van der Waals surface area (Å²) < 4.78 is 5.70. The molecule has 0 spiro atoms. The van der Waals surface area contributed by atoms with Gasteiger partial charge in [0.1, 0.15) is 5.75 Å². The van der Waals surface area contributed by atoms with Gasteiger partial charge in [0.25, 0.3) is 0 Å². The molecule has 2 aliphatic heterocycles. The largest absolute Gasteiger partial charge is 0.536 e. The van der Waals surface area contributed by atoms with Crippen LogP contribution >= 0.6 is 0 Å². The van der Waals surface area contributed by atoms with Gasteiger partial charge in [-0.2, -0.15) is 0 Å². The number of nitrogens with two attached hydrogens (primary N) is 1. The molecule has 1 saturated heterocycles. The molecule has 4 N–H and O–H groups in total. The monoisotopic (exact) mass is 470 g/mol. The Kier molecular flexibility index (Phi) is 6.68. The molecule has 1 aromatic rings. The minimum absolute atomic E-state index is 0.0161. The summed E-state index contributed by atoms with van der Waals surface area (Å²) >= 11 is 0. The predicted octanol–water partition coefficient (Wildman–Crippen LogP) is 0.248. The van der Waals surface area contributed by atoms with Crippen molar-refractivity contribution in [2.24, 2.45) is 11.1 Å². The van der Waals surface area contributed by atoms with Crippen LogP contribution in [0.1, 0.15) is 37.3 Å². The lowest BCUT2D eigenvalue weighted by Gasteiger charge is -2.34. The van der Waals surface area contributed by atoms with E-state index in [1.54, 1.807) is 6.92 Å². The highest BCUT2D eigenvalue weighted by molar-refractivity contribution is 6.46. The van der Waals surface area contributed by atoms with Crippen LogP contribution in [0.5, 0.6) is 5.75 Å². The number of imide groups is 1. The predicted molar refractivity (Wildman–Crippen MR) is 124 cm³/mol. The van der Waals surface area contributed by atoms with Crippen LogP contribution in [0.25, 0.3) is 0 Å². The number of amides is 4. The van der Waals surface area contributed by atoms with Gasteiger partial charge in [0.05, 0.1) is 6.04 Å². The molecule has 0 bridgehead atoms. The first-order chi connectivity index (χ1) is 16.2. The Morgan fingerprint density at radius 1 is 1.29 bits per heavy atom. The number of likely N-dealkylation sites (N-methyl/N-ethyl adjacent to an activating group) is 1. The van der Waals surface area contributed by atoms with E-state index in [1.165, 1.54) is 4.90 Å². The van der Waals surface area contributed by atoms with E-state index in [1.807, 2.05) is 25.1 Å². The molecule has 2 fully saturated rings. The lowest BCUT2D eigenvalue weighted by molar-refractivity contribution is -0.153. The van der Waals surface area contributed by atoms with Crippen molar-refractivity contribution in [1.29, 1.82) is 0 Å². The zero-order valence-electron chi connectivity index (χ0n) is 19.6. The minimum Gasteiger partial charge on any atom is -0.536 e. The van der Waals surface area contributed by atoms with Crippen LogP contribution in [0.3, 0.4) is 0 Å².